The standard InChI is InChI=1S/C27H30FN7O/c28-22-16-34(19-10-13-30-14-11-19)15-12-23(22)35-27-24(26(29)31-17-32-27)25(33-35)18-6-8-21(9-7-18)36-20-4-2-1-3-5-20/h1-9,17,19,22-23,30H,10-16H2,(H2,29,31,32)/t22-,23+/m0/s1. The first-order valence-electron chi connectivity index (χ1n) is 12.6. The molecule has 2 fully saturated rings. The van der Waals surface area contributed by atoms with Crippen molar-refractivity contribution in [1.29, 1.82) is 0 Å². The number of alkyl halides is 1. The molecule has 2 aromatic carbocycles. The molecule has 0 aliphatic carbocycles. The van der Waals surface area contributed by atoms with E-state index in [0.717, 1.165) is 43.8 Å². The number of hydrogen-bond acceptors (Lipinski definition) is 7. The van der Waals surface area contributed by atoms with Crippen molar-refractivity contribution >= 4 is 16.9 Å². The zero-order chi connectivity index (χ0) is 24.5. The number of nitrogens with zero attached hydrogens (tertiary/aromatic N) is 5. The number of hydrogen-bond donors (Lipinski definition) is 2. The molecule has 6 rings (SSSR count). The molecule has 2 aromatic heterocycles. The van der Waals surface area contributed by atoms with Crippen molar-refractivity contribution in [2.24, 2.45) is 0 Å². The Morgan fingerprint density at radius 1 is 0.944 bits per heavy atom. The van der Waals surface area contributed by atoms with E-state index >= 15 is 4.39 Å². The van der Waals surface area contributed by atoms with Crippen LogP contribution < -0.4 is 15.8 Å². The average molecular weight is 488 g/mol. The molecule has 4 heterocycles. The monoisotopic (exact) mass is 487 g/mol. The van der Waals surface area contributed by atoms with Gasteiger partial charge in [0.25, 0.3) is 0 Å². The Morgan fingerprint density at radius 3 is 2.44 bits per heavy atom. The minimum absolute atomic E-state index is 0.341. The van der Waals surface area contributed by atoms with Crippen LogP contribution in [0.1, 0.15) is 25.3 Å². The second kappa shape index (κ2) is 9.83. The highest BCUT2D eigenvalue weighted by molar-refractivity contribution is 5.98. The number of fused-ring (bicyclic) bond motifs is 1. The number of aromatic nitrogens is 4. The first-order chi connectivity index (χ1) is 17.7. The Morgan fingerprint density at radius 2 is 1.69 bits per heavy atom. The van der Waals surface area contributed by atoms with Gasteiger partial charge in [0.2, 0.25) is 0 Å². The summed E-state index contributed by atoms with van der Waals surface area (Å²) in [5.41, 5.74) is 8.37. The lowest BCUT2D eigenvalue weighted by Gasteiger charge is -2.41. The van der Waals surface area contributed by atoms with Crippen molar-refractivity contribution < 1.29 is 9.13 Å². The van der Waals surface area contributed by atoms with Crippen molar-refractivity contribution in [1.82, 2.24) is 30.0 Å². The third kappa shape index (κ3) is 4.40. The zero-order valence-corrected chi connectivity index (χ0v) is 20.1. The Labute approximate surface area is 209 Å². The van der Waals surface area contributed by atoms with Crippen LogP contribution in [0.15, 0.2) is 60.9 Å². The fraction of sp³-hybridized carbons (Fsp3) is 0.370. The fourth-order valence-corrected chi connectivity index (χ4v) is 5.43. The average Bonchev–Trinajstić information content (AvgIpc) is 3.31. The van der Waals surface area contributed by atoms with Crippen LogP contribution in [-0.4, -0.2) is 63.0 Å². The summed E-state index contributed by atoms with van der Waals surface area (Å²) in [6.07, 6.45) is 3.20. The van der Waals surface area contributed by atoms with Gasteiger partial charge < -0.3 is 15.8 Å². The number of nitrogens with two attached hydrogens (primary N) is 1. The number of para-hydroxylation sites is 1. The van der Waals surface area contributed by atoms with Crippen LogP contribution in [-0.2, 0) is 0 Å². The van der Waals surface area contributed by atoms with E-state index in [1.165, 1.54) is 6.33 Å². The van der Waals surface area contributed by atoms with Crippen molar-refractivity contribution in [3.63, 3.8) is 0 Å². The Kier molecular flexibility index (Phi) is 6.25. The molecule has 0 bridgehead atoms. The van der Waals surface area contributed by atoms with E-state index in [-0.39, 0.29) is 0 Å². The van der Waals surface area contributed by atoms with Crippen LogP contribution >= 0.6 is 0 Å². The molecular weight excluding hydrogens is 457 g/mol. The van der Waals surface area contributed by atoms with Gasteiger partial charge in [-0.15, -0.1) is 0 Å². The topological polar surface area (TPSA) is 94.1 Å². The summed E-state index contributed by atoms with van der Waals surface area (Å²) >= 11 is 0. The Bertz CT molecular complexity index is 1320. The van der Waals surface area contributed by atoms with Crippen LogP contribution in [0, 0.1) is 0 Å². The highest BCUT2D eigenvalue weighted by Crippen LogP contribution is 2.36. The zero-order valence-electron chi connectivity index (χ0n) is 20.1. The normalized spacial score (nSPS) is 21.6. The summed E-state index contributed by atoms with van der Waals surface area (Å²) in [6, 6.07) is 17.3. The molecule has 2 aliphatic heterocycles. The number of benzene rings is 2. The molecule has 0 spiro atoms. The van der Waals surface area contributed by atoms with E-state index in [2.05, 4.69) is 20.2 Å². The van der Waals surface area contributed by atoms with E-state index in [1.807, 2.05) is 54.6 Å². The molecule has 0 saturated carbocycles. The lowest BCUT2D eigenvalue weighted by molar-refractivity contribution is 0.0472. The summed E-state index contributed by atoms with van der Waals surface area (Å²) in [6.45, 7) is 3.26. The maximum atomic E-state index is 15.6. The molecule has 0 unspecified atom stereocenters. The molecule has 36 heavy (non-hydrogen) atoms. The third-order valence-corrected chi connectivity index (χ3v) is 7.30. The number of piperidine rings is 2. The number of anilines is 1. The smallest absolute Gasteiger partial charge is 0.164 e. The highest BCUT2D eigenvalue weighted by atomic mass is 19.1. The Hall–Kier alpha value is -3.56. The molecule has 0 radical (unpaired) electrons. The predicted octanol–water partition coefficient (Wildman–Crippen LogP) is 4.20. The van der Waals surface area contributed by atoms with Gasteiger partial charge in [0.05, 0.1) is 11.4 Å². The number of rotatable bonds is 5. The van der Waals surface area contributed by atoms with Gasteiger partial charge in [-0.2, -0.15) is 5.10 Å². The fourth-order valence-electron chi connectivity index (χ4n) is 5.43. The van der Waals surface area contributed by atoms with Gasteiger partial charge in [-0.3, -0.25) is 4.90 Å². The second-order valence-corrected chi connectivity index (χ2v) is 9.54. The van der Waals surface area contributed by atoms with Gasteiger partial charge in [-0.25, -0.2) is 19.0 Å². The molecule has 2 aliphatic rings. The summed E-state index contributed by atoms with van der Waals surface area (Å²) in [4.78, 5) is 11.0. The molecular formula is C27H30FN7O. The van der Waals surface area contributed by atoms with Crippen molar-refractivity contribution in [3.05, 3.63) is 60.9 Å². The maximum absolute atomic E-state index is 15.6. The predicted molar refractivity (Wildman–Crippen MR) is 138 cm³/mol. The first-order valence-corrected chi connectivity index (χ1v) is 12.6. The van der Waals surface area contributed by atoms with E-state index in [9.17, 15) is 0 Å². The number of likely N-dealkylation sites (tertiary alicyclic amines) is 1. The van der Waals surface area contributed by atoms with Gasteiger partial charge in [0.1, 0.15) is 35.5 Å². The van der Waals surface area contributed by atoms with E-state index in [4.69, 9.17) is 15.6 Å². The van der Waals surface area contributed by atoms with Gasteiger partial charge in [0.15, 0.2) is 5.65 Å². The Balaban J connectivity index is 1.29. The third-order valence-electron chi connectivity index (χ3n) is 7.30. The lowest BCUT2D eigenvalue weighted by Crippen LogP contribution is -2.50. The molecule has 2 saturated heterocycles. The number of halogens is 1. The molecule has 186 valence electrons. The van der Waals surface area contributed by atoms with E-state index in [1.54, 1.807) is 4.68 Å². The van der Waals surface area contributed by atoms with Gasteiger partial charge in [0, 0.05) is 24.7 Å². The SMILES string of the molecule is Nc1ncnc2c1c(-c1ccc(Oc3ccccc3)cc1)nn2[C@@H]1CCN(C2CCNCC2)C[C@@H]1F. The molecule has 8 nitrogen and oxygen atoms in total. The quantitative estimate of drug-likeness (QED) is 0.436. The van der Waals surface area contributed by atoms with Crippen LogP contribution in [0.25, 0.3) is 22.3 Å². The lowest BCUT2D eigenvalue weighted by atomic mass is 9.97. The number of nitrogens with one attached hydrogen (secondary N) is 1. The van der Waals surface area contributed by atoms with Crippen LogP contribution in [0.3, 0.4) is 0 Å². The molecule has 3 N–H and O–H groups in total. The molecule has 4 aromatic rings. The molecule has 9 heteroatoms. The molecule has 0 amide bonds. The summed E-state index contributed by atoms with van der Waals surface area (Å²) in [5.74, 6) is 1.82. The maximum Gasteiger partial charge on any atom is 0.164 e. The molecule has 2 atom stereocenters. The largest absolute Gasteiger partial charge is 0.457 e. The summed E-state index contributed by atoms with van der Waals surface area (Å²) in [7, 11) is 0. The minimum Gasteiger partial charge on any atom is -0.457 e. The van der Waals surface area contributed by atoms with Crippen molar-refractivity contribution in [3.8, 4) is 22.8 Å². The van der Waals surface area contributed by atoms with Crippen molar-refractivity contribution in [2.45, 2.75) is 37.5 Å². The van der Waals surface area contributed by atoms with Crippen LogP contribution in [0.5, 0.6) is 11.5 Å². The summed E-state index contributed by atoms with van der Waals surface area (Å²) < 4.78 is 23.3. The number of nitrogen functional groups attached to an aromatic ring is 1. The van der Waals surface area contributed by atoms with Gasteiger partial charge >= 0.3 is 0 Å². The van der Waals surface area contributed by atoms with E-state index in [0.29, 0.717) is 47.3 Å². The number of ether oxygens (including phenoxy) is 1. The van der Waals surface area contributed by atoms with Crippen LogP contribution in [0.4, 0.5) is 10.2 Å². The highest BCUT2D eigenvalue weighted by Gasteiger charge is 2.36. The summed E-state index contributed by atoms with van der Waals surface area (Å²) in [5, 5.41) is 8.92. The van der Waals surface area contributed by atoms with Crippen molar-refractivity contribution in [2.75, 3.05) is 31.9 Å². The van der Waals surface area contributed by atoms with Crippen LogP contribution in [0.2, 0.25) is 0 Å². The minimum atomic E-state index is -1.04. The van der Waals surface area contributed by atoms with Gasteiger partial charge in [-0.1, -0.05) is 18.2 Å². The van der Waals surface area contributed by atoms with E-state index < -0.39 is 12.2 Å². The first kappa shape index (κ1) is 22.9. The van der Waals surface area contributed by atoms with Gasteiger partial charge in [-0.05, 0) is 68.8 Å². The second-order valence-electron chi connectivity index (χ2n) is 9.54.